The molecule has 10 nitrogen and oxygen atoms in total. The Morgan fingerprint density at radius 2 is 1.62 bits per heavy atom. The molecule has 0 aliphatic heterocycles. The van der Waals surface area contributed by atoms with Gasteiger partial charge in [-0.15, -0.1) is 0 Å². The first-order valence-corrected chi connectivity index (χ1v) is 17.3. The van der Waals surface area contributed by atoms with Crippen LogP contribution in [-0.4, -0.2) is 48.9 Å². The molecule has 0 saturated heterocycles. The van der Waals surface area contributed by atoms with Gasteiger partial charge >= 0.3 is 18.2 Å². The third-order valence-corrected chi connectivity index (χ3v) is 8.64. The van der Waals surface area contributed by atoms with E-state index in [1.54, 1.807) is 45.0 Å². The summed E-state index contributed by atoms with van der Waals surface area (Å²) in [5.41, 5.74) is 0.816. The fourth-order valence-electron chi connectivity index (χ4n) is 5.26. The number of carbonyl (C=O) groups excluding carboxylic acids is 4. The van der Waals surface area contributed by atoms with Crippen LogP contribution in [0.4, 0.5) is 9.59 Å². The number of rotatable bonds is 15. The Labute approximate surface area is 286 Å². The van der Waals surface area contributed by atoms with Gasteiger partial charge in [0.05, 0.1) is 12.5 Å². The minimum atomic E-state index is -0.898. The fraction of sp³-hybridized carbons (Fsp3) is 0.556. The van der Waals surface area contributed by atoms with Crippen LogP contribution in [0, 0.1) is 11.8 Å². The van der Waals surface area contributed by atoms with E-state index in [0.29, 0.717) is 13.2 Å². The lowest BCUT2D eigenvalue weighted by Gasteiger charge is -2.28. The zero-order valence-corrected chi connectivity index (χ0v) is 29.6. The first kappa shape index (κ1) is 37.9. The van der Waals surface area contributed by atoms with Crippen molar-refractivity contribution in [3.8, 4) is 5.75 Å². The molecule has 1 atom stereocenters. The number of halogens is 1. The standard InChI is InChI=1S/C36H49BrN2O8/c1-5-6-7-10-21-44-33(41)27-17-13-26(14-18-27)23-38-32(40)31(39-34(42)47-36(2,3)4)22-25-15-19-29(20-16-25)46-35(43)45-24-28-11-8-9-12-30(28)37/h8-9,11-12,15-16,19-20,26-27,31H,5-7,10,13-14,17-18,21-24H2,1-4H3,(H,38,40)(H,39,42)/t26?,27?,31-/m0/s1. The summed E-state index contributed by atoms with van der Waals surface area (Å²) < 4.78 is 22.2. The molecule has 2 N–H and O–H groups in total. The molecule has 1 saturated carbocycles. The minimum Gasteiger partial charge on any atom is -0.465 e. The Balaban J connectivity index is 1.50. The number of esters is 1. The molecule has 2 aromatic carbocycles. The molecule has 1 aliphatic carbocycles. The molecule has 0 spiro atoms. The molecular formula is C36H49BrN2O8. The molecular weight excluding hydrogens is 668 g/mol. The maximum absolute atomic E-state index is 13.3. The van der Waals surface area contributed by atoms with Crippen molar-refractivity contribution in [3.05, 3.63) is 64.1 Å². The summed E-state index contributed by atoms with van der Waals surface area (Å²) >= 11 is 3.42. The second kappa shape index (κ2) is 19.3. The Morgan fingerprint density at radius 3 is 2.28 bits per heavy atom. The average molecular weight is 718 g/mol. The SMILES string of the molecule is CCCCCCOC(=O)C1CCC(CNC(=O)[C@H](Cc2ccc(OC(=O)OCc3ccccc3Br)cc2)NC(=O)OC(C)(C)C)CC1. The van der Waals surface area contributed by atoms with Crippen LogP contribution >= 0.6 is 15.9 Å². The molecule has 0 radical (unpaired) electrons. The first-order valence-electron chi connectivity index (χ1n) is 16.5. The van der Waals surface area contributed by atoms with E-state index >= 15 is 0 Å². The normalized spacial score (nSPS) is 16.8. The van der Waals surface area contributed by atoms with E-state index in [0.717, 1.165) is 67.0 Å². The topological polar surface area (TPSA) is 129 Å². The number of hydrogen-bond donors (Lipinski definition) is 2. The van der Waals surface area contributed by atoms with Crippen molar-refractivity contribution >= 4 is 40.1 Å². The summed E-state index contributed by atoms with van der Waals surface area (Å²) in [5, 5.41) is 5.70. The maximum Gasteiger partial charge on any atom is 0.514 e. The summed E-state index contributed by atoms with van der Waals surface area (Å²) in [4.78, 5) is 50.6. The van der Waals surface area contributed by atoms with Gasteiger partial charge in [0.2, 0.25) is 5.91 Å². The maximum atomic E-state index is 13.3. The second-order valence-electron chi connectivity index (χ2n) is 13.0. The van der Waals surface area contributed by atoms with Gasteiger partial charge in [0.15, 0.2) is 0 Å². The average Bonchev–Trinajstić information content (AvgIpc) is 3.03. The van der Waals surface area contributed by atoms with E-state index in [-0.39, 0.29) is 42.5 Å². The number of benzene rings is 2. The molecule has 258 valence electrons. The van der Waals surface area contributed by atoms with Crippen LogP contribution < -0.4 is 15.4 Å². The van der Waals surface area contributed by atoms with Gasteiger partial charge in [-0.1, -0.05) is 72.4 Å². The molecule has 47 heavy (non-hydrogen) atoms. The molecule has 2 aromatic rings. The number of alkyl carbamates (subject to hydrolysis) is 1. The summed E-state index contributed by atoms with van der Waals surface area (Å²) in [7, 11) is 0. The predicted octanol–water partition coefficient (Wildman–Crippen LogP) is 7.65. The molecule has 0 unspecified atom stereocenters. The summed E-state index contributed by atoms with van der Waals surface area (Å²) in [6.45, 7) is 8.39. The lowest BCUT2D eigenvalue weighted by Crippen LogP contribution is -2.50. The summed E-state index contributed by atoms with van der Waals surface area (Å²) in [6, 6.07) is 13.2. The quantitative estimate of drug-likeness (QED) is 0.0833. The lowest BCUT2D eigenvalue weighted by molar-refractivity contribution is -0.150. The van der Waals surface area contributed by atoms with E-state index in [1.807, 2.05) is 24.3 Å². The minimum absolute atomic E-state index is 0.0542. The molecule has 0 aromatic heterocycles. The molecule has 2 amide bonds. The van der Waals surface area contributed by atoms with Crippen LogP contribution in [-0.2, 0) is 36.8 Å². The second-order valence-corrected chi connectivity index (χ2v) is 13.8. The Kier molecular flexibility index (Phi) is 15.5. The number of hydrogen-bond acceptors (Lipinski definition) is 8. The molecule has 1 aliphatic rings. The highest BCUT2D eigenvalue weighted by Gasteiger charge is 2.29. The van der Waals surface area contributed by atoms with Gasteiger partial charge in [0, 0.05) is 23.0 Å². The van der Waals surface area contributed by atoms with Gasteiger partial charge in [-0.3, -0.25) is 9.59 Å². The summed E-state index contributed by atoms with van der Waals surface area (Å²) in [6.07, 6.45) is 6.02. The van der Waals surface area contributed by atoms with Crippen LogP contribution in [0.15, 0.2) is 53.0 Å². The largest absolute Gasteiger partial charge is 0.514 e. The Hall–Kier alpha value is -3.60. The zero-order chi connectivity index (χ0) is 34.2. The Morgan fingerprint density at radius 1 is 0.915 bits per heavy atom. The molecule has 3 rings (SSSR count). The van der Waals surface area contributed by atoms with Crippen LogP contribution in [0.2, 0.25) is 0 Å². The number of ether oxygens (including phenoxy) is 4. The van der Waals surface area contributed by atoms with E-state index in [2.05, 4.69) is 33.5 Å². The third-order valence-electron chi connectivity index (χ3n) is 7.86. The van der Waals surface area contributed by atoms with E-state index in [4.69, 9.17) is 18.9 Å². The van der Waals surface area contributed by atoms with E-state index in [1.165, 1.54) is 0 Å². The van der Waals surface area contributed by atoms with Gasteiger partial charge in [0.1, 0.15) is 24.0 Å². The highest BCUT2D eigenvalue weighted by atomic mass is 79.9. The van der Waals surface area contributed by atoms with Crippen LogP contribution in [0.5, 0.6) is 5.75 Å². The van der Waals surface area contributed by atoms with Gasteiger partial charge in [-0.2, -0.15) is 0 Å². The Bertz CT molecular complexity index is 1300. The van der Waals surface area contributed by atoms with E-state index in [9.17, 15) is 19.2 Å². The fourth-order valence-corrected chi connectivity index (χ4v) is 5.66. The van der Waals surface area contributed by atoms with Crippen molar-refractivity contribution in [2.24, 2.45) is 11.8 Å². The number of amides is 2. The van der Waals surface area contributed by atoms with Crippen molar-refractivity contribution in [1.29, 1.82) is 0 Å². The van der Waals surface area contributed by atoms with Crippen LogP contribution in [0.25, 0.3) is 0 Å². The van der Waals surface area contributed by atoms with Crippen LogP contribution in [0.3, 0.4) is 0 Å². The molecule has 11 heteroatoms. The number of nitrogens with one attached hydrogen (secondary N) is 2. The smallest absolute Gasteiger partial charge is 0.465 e. The molecule has 0 bridgehead atoms. The highest BCUT2D eigenvalue weighted by molar-refractivity contribution is 9.10. The van der Waals surface area contributed by atoms with Gasteiger partial charge in [-0.05, 0) is 82.6 Å². The van der Waals surface area contributed by atoms with Gasteiger partial charge < -0.3 is 29.6 Å². The van der Waals surface area contributed by atoms with Crippen molar-refractivity contribution in [2.45, 2.75) is 104 Å². The molecule has 1 fully saturated rings. The van der Waals surface area contributed by atoms with Gasteiger partial charge in [-0.25, -0.2) is 9.59 Å². The summed E-state index contributed by atoms with van der Waals surface area (Å²) in [5.74, 6) is -0.0220. The van der Waals surface area contributed by atoms with Crippen molar-refractivity contribution < 1.29 is 38.1 Å². The van der Waals surface area contributed by atoms with Crippen LogP contribution in [0.1, 0.15) is 90.2 Å². The first-order chi connectivity index (χ1) is 22.4. The van der Waals surface area contributed by atoms with E-state index < -0.39 is 23.9 Å². The van der Waals surface area contributed by atoms with Crippen molar-refractivity contribution in [2.75, 3.05) is 13.2 Å². The third kappa shape index (κ3) is 14.4. The zero-order valence-electron chi connectivity index (χ0n) is 28.0. The lowest BCUT2D eigenvalue weighted by atomic mass is 9.82. The predicted molar refractivity (Wildman–Crippen MR) is 182 cm³/mol. The molecule has 0 heterocycles. The van der Waals surface area contributed by atoms with Crippen molar-refractivity contribution in [3.63, 3.8) is 0 Å². The van der Waals surface area contributed by atoms with Gasteiger partial charge in [0.25, 0.3) is 0 Å². The highest BCUT2D eigenvalue weighted by Crippen LogP contribution is 2.29. The van der Waals surface area contributed by atoms with Crippen molar-refractivity contribution in [1.82, 2.24) is 10.6 Å². The number of carbonyl (C=O) groups is 4. The number of unbranched alkanes of at least 4 members (excludes halogenated alkanes) is 3. The monoisotopic (exact) mass is 716 g/mol.